The molecule has 0 bridgehead atoms. The summed E-state index contributed by atoms with van der Waals surface area (Å²) in [7, 11) is 0. The SMILES string of the molecule is CCCCO[C@]1(C)[C@@H]([C@H](O)CO)O[C@@H]2OC(C)(C)O[C@@H]21. The standard InChI is InChI=1S/C14H26O6/c1-5-6-7-17-14(4)10(9(16)8-15)18-12-11(14)19-13(2,3)20-12/h9-12,15-16H,5-8H2,1-4H3/t9-,10-,11+,12-,14-/m1/s1. The van der Waals surface area contributed by atoms with E-state index in [0.29, 0.717) is 6.61 Å². The highest BCUT2D eigenvalue weighted by molar-refractivity contribution is 5.06. The summed E-state index contributed by atoms with van der Waals surface area (Å²) >= 11 is 0. The summed E-state index contributed by atoms with van der Waals surface area (Å²) in [6.45, 7) is 7.73. The summed E-state index contributed by atoms with van der Waals surface area (Å²) in [5.74, 6) is -0.736. The Morgan fingerprint density at radius 2 is 1.95 bits per heavy atom. The number of hydrogen-bond acceptors (Lipinski definition) is 6. The molecule has 2 aliphatic heterocycles. The van der Waals surface area contributed by atoms with Crippen LogP contribution in [0.15, 0.2) is 0 Å². The molecule has 0 aromatic carbocycles. The van der Waals surface area contributed by atoms with Gasteiger partial charge in [-0.15, -0.1) is 0 Å². The molecule has 2 fully saturated rings. The third-order valence-corrected chi connectivity index (χ3v) is 3.92. The molecule has 2 N–H and O–H groups in total. The molecular weight excluding hydrogens is 264 g/mol. The highest BCUT2D eigenvalue weighted by Crippen LogP contribution is 2.45. The zero-order valence-corrected chi connectivity index (χ0v) is 12.7. The summed E-state index contributed by atoms with van der Waals surface area (Å²) in [6, 6.07) is 0. The highest BCUT2D eigenvalue weighted by Gasteiger charge is 2.63. The lowest BCUT2D eigenvalue weighted by atomic mass is 9.91. The van der Waals surface area contributed by atoms with Gasteiger partial charge in [0.05, 0.1) is 6.61 Å². The molecule has 0 aromatic heterocycles. The molecule has 5 atom stereocenters. The Kier molecular flexibility index (Phi) is 4.73. The van der Waals surface area contributed by atoms with Crippen molar-refractivity contribution in [1.82, 2.24) is 0 Å². The van der Waals surface area contributed by atoms with E-state index in [2.05, 4.69) is 6.92 Å². The first-order chi connectivity index (χ1) is 9.34. The minimum Gasteiger partial charge on any atom is -0.394 e. The normalized spacial score (nSPS) is 40.8. The molecule has 0 aliphatic carbocycles. The lowest BCUT2D eigenvalue weighted by Gasteiger charge is -2.36. The van der Waals surface area contributed by atoms with Gasteiger partial charge in [-0.1, -0.05) is 13.3 Å². The average Bonchev–Trinajstić information content (AvgIpc) is 2.82. The second kappa shape index (κ2) is 5.87. The second-order valence-electron chi connectivity index (χ2n) is 6.12. The molecule has 0 spiro atoms. The molecular formula is C14H26O6. The van der Waals surface area contributed by atoms with Crippen LogP contribution in [0.25, 0.3) is 0 Å². The summed E-state index contributed by atoms with van der Waals surface area (Å²) < 4.78 is 23.3. The van der Waals surface area contributed by atoms with E-state index in [1.807, 2.05) is 20.8 Å². The molecule has 6 heteroatoms. The van der Waals surface area contributed by atoms with E-state index >= 15 is 0 Å². The van der Waals surface area contributed by atoms with Crippen molar-refractivity contribution >= 4 is 0 Å². The smallest absolute Gasteiger partial charge is 0.190 e. The van der Waals surface area contributed by atoms with Gasteiger partial charge in [-0.3, -0.25) is 0 Å². The van der Waals surface area contributed by atoms with Crippen molar-refractivity contribution in [2.45, 2.75) is 76.5 Å². The Balaban J connectivity index is 2.15. The summed E-state index contributed by atoms with van der Waals surface area (Å²) in [5, 5.41) is 19.2. The van der Waals surface area contributed by atoms with E-state index < -0.39 is 36.0 Å². The molecule has 0 aromatic rings. The van der Waals surface area contributed by atoms with E-state index in [4.69, 9.17) is 18.9 Å². The average molecular weight is 290 g/mol. The third-order valence-electron chi connectivity index (χ3n) is 3.92. The first-order valence-electron chi connectivity index (χ1n) is 7.28. The first kappa shape index (κ1) is 16.1. The topological polar surface area (TPSA) is 77.4 Å². The van der Waals surface area contributed by atoms with Crippen LogP contribution in [-0.2, 0) is 18.9 Å². The van der Waals surface area contributed by atoms with E-state index in [0.717, 1.165) is 12.8 Å². The second-order valence-corrected chi connectivity index (χ2v) is 6.12. The van der Waals surface area contributed by atoms with Crippen LogP contribution in [0, 0.1) is 0 Å². The van der Waals surface area contributed by atoms with Gasteiger partial charge in [0.25, 0.3) is 0 Å². The van der Waals surface area contributed by atoms with Crippen molar-refractivity contribution < 1.29 is 29.2 Å². The third kappa shape index (κ3) is 2.86. The predicted molar refractivity (Wildman–Crippen MR) is 71.1 cm³/mol. The van der Waals surface area contributed by atoms with Crippen LogP contribution in [0.3, 0.4) is 0 Å². The summed E-state index contributed by atoms with van der Waals surface area (Å²) in [4.78, 5) is 0. The first-order valence-corrected chi connectivity index (χ1v) is 7.28. The summed E-state index contributed by atoms with van der Waals surface area (Å²) in [5.41, 5.74) is -0.838. The Morgan fingerprint density at radius 1 is 1.25 bits per heavy atom. The van der Waals surface area contributed by atoms with Crippen molar-refractivity contribution in [1.29, 1.82) is 0 Å². The largest absolute Gasteiger partial charge is 0.394 e. The van der Waals surface area contributed by atoms with Crippen molar-refractivity contribution in [2.75, 3.05) is 13.2 Å². The fourth-order valence-electron chi connectivity index (χ4n) is 2.83. The maximum Gasteiger partial charge on any atom is 0.190 e. The zero-order valence-electron chi connectivity index (χ0n) is 12.7. The van der Waals surface area contributed by atoms with E-state index in [1.54, 1.807) is 0 Å². The molecule has 0 amide bonds. The van der Waals surface area contributed by atoms with Crippen molar-refractivity contribution in [3.63, 3.8) is 0 Å². The van der Waals surface area contributed by atoms with Crippen LogP contribution < -0.4 is 0 Å². The zero-order chi connectivity index (χ0) is 15.0. The van der Waals surface area contributed by atoms with Gasteiger partial charge in [0.15, 0.2) is 12.1 Å². The lowest BCUT2D eigenvalue weighted by Crippen LogP contribution is -2.53. The van der Waals surface area contributed by atoms with E-state index in [1.165, 1.54) is 0 Å². The molecule has 2 aliphatic rings. The van der Waals surface area contributed by atoms with E-state index in [-0.39, 0.29) is 6.61 Å². The number of hydrogen-bond donors (Lipinski definition) is 2. The minimum atomic E-state index is -1.03. The Morgan fingerprint density at radius 3 is 2.55 bits per heavy atom. The molecule has 2 saturated heterocycles. The molecule has 2 heterocycles. The van der Waals surface area contributed by atoms with Gasteiger partial charge in [-0.05, 0) is 27.2 Å². The van der Waals surface area contributed by atoms with Gasteiger partial charge >= 0.3 is 0 Å². The van der Waals surface area contributed by atoms with Gasteiger partial charge < -0.3 is 29.2 Å². The molecule has 2 rings (SSSR count). The Bertz CT molecular complexity index is 334. The quantitative estimate of drug-likeness (QED) is 0.704. The number of aliphatic hydroxyl groups is 2. The van der Waals surface area contributed by atoms with E-state index in [9.17, 15) is 10.2 Å². The molecule has 20 heavy (non-hydrogen) atoms. The number of aliphatic hydroxyl groups excluding tert-OH is 2. The van der Waals surface area contributed by atoms with Gasteiger partial charge in [-0.25, -0.2) is 0 Å². The Labute approximate surface area is 120 Å². The lowest BCUT2D eigenvalue weighted by molar-refractivity contribution is -0.248. The monoisotopic (exact) mass is 290 g/mol. The van der Waals surface area contributed by atoms with Crippen LogP contribution in [0.5, 0.6) is 0 Å². The van der Waals surface area contributed by atoms with Gasteiger partial charge in [0, 0.05) is 6.61 Å². The number of fused-ring (bicyclic) bond motifs is 1. The van der Waals surface area contributed by atoms with Gasteiger partial charge in [-0.2, -0.15) is 0 Å². The minimum absolute atomic E-state index is 0.389. The summed E-state index contributed by atoms with van der Waals surface area (Å²) in [6.07, 6.45) is -0.762. The van der Waals surface area contributed by atoms with Crippen LogP contribution in [0.2, 0.25) is 0 Å². The van der Waals surface area contributed by atoms with Crippen molar-refractivity contribution in [3.05, 3.63) is 0 Å². The maximum absolute atomic E-state index is 9.97. The number of rotatable bonds is 6. The molecule has 6 nitrogen and oxygen atoms in total. The molecule has 0 unspecified atom stereocenters. The van der Waals surface area contributed by atoms with Crippen LogP contribution in [0.1, 0.15) is 40.5 Å². The van der Waals surface area contributed by atoms with Gasteiger partial charge in [0.1, 0.15) is 23.9 Å². The van der Waals surface area contributed by atoms with Crippen molar-refractivity contribution in [2.24, 2.45) is 0 Å². The maximum atomic E-state index is 9.97. The van der Waals surface area contributed by atoms with Crippen LogP contribution >= 0.6 is 0 Å². The molecule has 0 radical (unpaired) electrons. The van der Waals surface area contributed by atoms with Crippen LogP contribution in [-0.4, -0.2) is 59.4 Å². The Hall–Kier alpha value is -0.240. The van der Waals surface area contributed by atoms with Crippen molar-refractivity contribution in [3.8, 4) is 0 Å². The molecule has 118 valence electrons. The molecule has 0 saturated carbocycles. The van der Waals surface area contributed by atoms with Gasteiger partial charge in [0.2, 0.25) is 0 Å². The number of ether oxygens (including phenoxy) is 4. The number of unbranched alkanes of at least 4 members (excludes halogenated alkanes) is 1. The van der Waals surface area contributed by atoms with Crippen LogP contribution in [0.4, 0.5) is 0 Å². The predicted octanol–water partition coefficient (Wildman–Crippen LogP) is 0.791. The fraction of sp³-hybridized carbons (Fsp3) is 1.00. The fourth-order valence-corrected chi connectivity index (χ4v) is 2.83. The highest BCUT2D eigenvalue weighted by atomic mass is 16.8.